The first-order valence-electron chi connectivity index (χ1n) is 7.43. The van der Waals surface area contributed by atoms with Gasteiger partial charge in [0.2, 0.25) is 5.91 Å². The van der Waals surface area contributed by atoms with Crippen LogP contribution in [0.25, 0.3) is 0 Å². The highest BCUT2D eigenvalue weighted by Gasteiger charge is 2.25. The van der Waals surface area contributed by atoms with E-state index in [-0.39, 0.29) is 11.8 Å². The zero-order valence-corrected chi connectivity index (χ0v) is 14.2. The molecule has 0 saturated heterocycles. The van der Waals surface area contributed by atoms with Crippen molar-refractivity contribution in [2.45, 2.75) is 33.2 Å². The predicted octanol–water partition coefficient (Wildman–Crippen LogP) is 1.27. The molecule has 0 fully saturated rings. The van der Waals surface area contributed by atoms with Crippen LogP contribution in [0.5, 0.6) is 5.75 Å². The number of carbonyl (C=O) groups excluding carboxylic acids is 2. The van der Waals surface area contributed by atoms with Gasteiger partial charge in [0.25, 0.3) is 5.91 Å². The number of hydrazone groups is 1. The standard InChI is InChI=1S/C16H22N4O3/c1-10-8-17-13(11(2)15(10)23-5)9-19(3)16(22)12-6-7-14(21)20(4)18-12/h8H,6-7,9H2,1-5H3. The molecule has 0 unspecified atom stereocenters. The molecule has 124 valence electrons. The predicted molar refractivity (Wildman–Crippen MR) is 86.2 cm³/mol. The Kier molecular flexibility index (Phi) is 4.98. The molecular weight excluding hydrogens is 296 g/mol. The minimum Gasteiger partial charge on any atom is -0.496 e. The molecule has 2 heterocycles. The van der Waals surface area contributed by atoms with E-state index in [4.69, 9.17) is 4.74 Å². The monoisotopic (exact) mass is 318 g/mol. The zero-order chi connectivity index (χ0) is 17.1. The summed E-state index contributed by atoms with van der Waals surface area (Å²) in [5, 5.41) is 5.29. The molecule has 0 spiro atoms. The van der Waals surface area contributed by atoms with Crippen LogP contribution in [-0.4, -0.2) is 53.6 Å². The summed E-state index contributed by atoms with van der Waals surface area (Å²) >= 11 is 0. The van der Waals surface area contributed by atoms with Crippen LogP contribution >= 0.6 is 0 Å². The highest BCUT2D eigenvalue weighted by Crippen LogP contribution is 2.24. The molecule has 2 rings (SSSR count). The molecular formula is C16H22N4O3. The SMILES string of the molecule is COc1c(C)cnc(CN(C)C(=O)C2=NN(C)C(=O)CC2)c1C. The quantitative estimate of drug-likeness (QED) is 0.838. The molecule has 0 aliphatic carbocycles. The van der Waals surface area contributed by atoms with Crippen LogP contribution in [0, 0.1) is 13.8 Å². The minimum atomic E-state index is -0.190. The summed E-state index contributed by atoms with van der Waals surface area (Å²) in [6.07, 6.45) is 2.42. The summed E-state index contributed by atoms with van der Waals surface area (Å²) in [4.78, 5) is 29.9. The van der Waals surface area contributed by atoms with Crippen molar-refractivity contribution in [1.29, 1.82) is 0 Å². The van der Waals surface area contributed by atoms with E-state index in [0.29, 0.717) is 25.1 Å². The first kappa shape index (κ1) is 16.9. The van der Waals surface area contributed by atoms with Gasteiger partial charge in [-0.1, -0.05) is 0 Å². The van der Waals surface area contributed by atoms with Gasteiger partial charge in [0.15, 0.2) is 0 Å². The lowest BCUT2D eigenvalue weighted by atomic mass is 10.1. The lowest BCUT2D eigenvalue weighted by molar-refractivity contribution is -0.130. The second kappa shape index (κ2) is 6.76. The number of aromatic nitrogens is 1. The van der Waals surface area contributed by atoms with E-state index in [1.54, 1.807) is 32.3 Å². The average Bonchev–Trinajstić information content (AvgIpc) is 2.52. The lowest BCUT2D eigenvalue weighted by Gasteiger charge is -2.23. The van der Waals surface area contributed by atoms with E-state index < -0.39 is 0 Å². The van der Waals surface area contributed by atoms with Crippen LogP contribution in [-0.2, 0) is 16.1 Å². The zero-order valence-electron chi connectivity index (χ0n) is 14.2. The molecule has 0 aromatic carbocycles. The molecule has 0 atom stereocenters. The number of rotatable bonds is 4. The third kappa shape index (κ3) is 3.49. The Morgan fingerprint density at radius 3 is 2.70 bits per heavy atom. The number of nitrogens with zero attached hydrogens (tertiary/aromatic N) is 4. The van der Waals surface area contributed by atoms with Gasteiger partial charge >= 0.3 is 0 Å². The maximum atomic E-state index is 12.5. The second-order valence-corrected chi connectivity index (χ2v) is 5.67. The lowest BCUT2D eigenvalue weighted by Crippen LogP contribution is -2.38. The Balaban J connectivity index is 2.16. The maximum Gasteiger partial charge on any atom is 0.270 e. The normalized spacial score (nSPS) is 14.6. The molecule has 1 aromatic rings. The van der Waals surface area contributed by atoms with E-state index in [9.17, 15) is 9.59 Å². The second-order valence-electron chi connectivity index (χ2n) is 5.67. The fourth-order valence-electron chi connectivity index (χ4n) is 2.57. The van der Waals surface area contributed by atoms with Gasteiger partial charge in [-0.25, -0.2) is 5.01 Å². The Morgan fingerprint density at radius 1 is 1.39 bits per heavy atom. The summed E-state index contributed by atoms with van der Waals surface area (Å²) < 4.78 is 5.39. The first-order chi connectivity index (χ1) is 10.8. The van der Waals surface area contributed by atoms with Gasteiger partial charge < -0.3 is 9.64 Å². The fourth-order valence-corrected chi connectivity index (χ4v) is 2.57. The van der Waals surface area contributed by atoms with Gasteiger partial charge in [0.05, 0.1) is 19.3 Å². The number of methoxy groups -OCH3 is 1. The van der Waals surface area contributed by atoms with Gasteiger partial charge in [0, 0.05) is 44.3 Å². The number of pyridine rings is 1. The number of hydrogen-bond acceptors (Lipinski definition) is 5. The first-order valence-corrected chi connectivity index (χ1v) is 7.43. The number of aryl methyl sites for hydroxylation is 1. The van der Waals surface area contributed by atoms with Crippen LogP contribution in [0.2, 0.25) is 0 Å². The Morgan fingerprint density at radius 2 is 2.09 bits per heavy atom. The van der Waals surface area contributed by atoms with E-state index in [0.717, 1.165) is 22.6 Å². The third-order valence-electron chi connectivity index (χ3n) is 3.94. The molecule has 0 N–H and O–H groups in total. The number of ether oxygens (including phenoxy) is 1. The largest absolute Gasteiger partial charge is 0.496 e. The van der Waals surface area contributed by atoms with E-state index in [1.165, 1.54) is 5.01 Å². The van der Waals surface area contributed by atoms with Crippen molar-refractivity contribution in [2.24, 2.45) is 5.10 Å². The smallest absolute Gasteiger partial charge is 0.270 e. The third-order valence-corrected chi connectivity index (χ3v) is 3.94. The highest BCUT2D eigenvalue weighted by molar-refractivity contribution is 6.39. The molecule has 0 radical (unpaired) electrons. The van der Waals surface area contributed by atoms with E-state index in [1.807, 2.05) is 13.8 Å². The molecule has 1 aliphatic rings. The Labute approximate surface area is 135 Å². The van der Waals surface area contributed by atoms with E-state index in [2.05, 4.69) is 10.1 Å². The average molecular weight is 318 g/mol. The summed E-state index contributed by atoms with van der Waals surface area (Å²) in [6, 6.07) is 0. The molecule has 2 amide bonds. The van der Waals surface area contributed by atoms with Crippen molar-refractivity contribution in [3.8, 4) is 5.75 Å². The van der Waals surface area contributed by atoms with Crippen molar-refractivity contribution >= 4 is 17.5 Å². The number of carbonyl (C=O) groups is 2. The van der Waals surface area contributed by atoms with Crippen LogP contribution in [0.4, 0.5) is 0 Å². The number of hydrogen-bond donors (Lipinski definition) is 0. The van der Waals surface area contributed by atoms with Gasteiger partial charge in [-0.2, -0.15) is 5.10 Å². The van der Waals surface area contributed by atoms with E-state index >= 15 is 0 Å². The molecule has 7 heteroatoms. The van der Waals surface area contributed by atoms with Crippen molar-refractivity contribution in [2.75, 3.05) is 21.2 Å². The van der Waals surface area contributed by atoms with Crippen molar-refractivity contribution < 1.29 is 14.3 Å². The topological polar surface area (TPSA) is 75.1 Å². The maximum absolute atomic E-state index is 12.5. The van der Waals surface area contributed by atoms with Crippen molar-refractivity contribution in [3.63, 3.8) is 0 Å². The molecule has 23 heavy (non-hydrogen) atoms. The Bertz CT molecular complexity index is 670. The summed E-state index contributed by atoms with van der Waals surface area (Å²) in [7, 11) is 4.89. The molecule has 1 aliphatic heterocycles. The van der Waals surface area contributed by atoms with Crippen LogP contribution in [0.3, 0.4) is 0 Å². The van der Waals surface area contributed by atoms with Gasteiger partial charge in [-0.15, -0.1) is 0 Å². The summed E-state index contributed by atoms with van der Waals surface area (Å²) in [6.45, 7) is 4.22. The molecule has 7 nitrogen and oxygen atoms in total. The number of amides is 2. The highest BCUT2D eigenvalue weighted by atomic mass is 16.5. The van der Waals surface area contributed by atoms with Crippen molar-refractivity contribution in [1.82, 2.24) is 14.9 Å². The molecule has 0 saturated carbocycles. The van der Waals surface area contributed by atoms with Gasteiger partial charge in [-0.05, 0) is 13.8 Å². The van der Waals surface area contributed by atoms with Gasteiger partial charge in [0.1, 0.15) is 11.5 Å². The van der Waals surface area contributed by atoms with Crippen LogP contribution < -0.4 is 4.74 Å². The minimum absolute atomic E-state index is 0.0787. The van der Waals surface area contributed by atoms with Crippen LogP contribution in [0.15, 0.2) is 11.3 Å². The fraction of sp³-hybridized carbons (Fsp3) is 0.500. The van der Waals surface area contributed by atoms with Crippen molar-refractivity contribution in [3.05, 3.63) is 23.0 Å². The molecule has 1 aromatic heterocycles. The summed E-state index contributed by atoms with van der Waals surface area (Å²) in [5.74, 6) is 0.520. The van der Waals surface area contributed by atoms with Crippen LogP contribution in [0.1, 0.15) is 29.7 Å². The Hall–Kier alpha value is -2.44. The van der Waals surface area contributed by atoms with Gasteiger partial charge in [-0.3, -0.25) is 14.6 Å². The summed E-state index contributed by atoms with van der Waals surface area (Å²) in [5.41, 5.74) is 3.06. The molecule has 0 bridgehead atoms.